The van der Waals surface area contributed by atoms with Crippen molar-refractivity contribution >= 4 is 11.8 Å². The van der Waals surface area contributed by atoms with Crippen LogP contribution in [0.3, 0.4) is 0 Å². The van der Waals surface area contributed by atoms with Gasteiger partial charge in [0.1, 0.15) is 0 Å². The third-order valence-electron chi connectivity index (χ3n) is 4.18. The second-order valence-electron chi connectivity index (χ2n) is 8.14. The van der Waals surface area contributed by atoms with Gasteiger partial charge in [0.25, 0.3) is 0 Å². The standard InChI is InChI=1S/C16H34S/c1-13(2)17-11-10-15(6,7)12-16(8,9)14(3,4)5/h13H,10-12H2,1-9H3. The second kappa shape index (κ2) is 5.99. The van der Waals surface area contributed by atoms with Crippen molar-refractivity contribution in [1.82, 2.24) is 0 Å². The lowest BCUT2D eigenvalue weighted by atomic mass is 9.62. The summed E-state index contributed by atoms with van der Waals surface area (Å²) >= 11 is 2.09. The van der Waals surface area contributed by atoms with E-state index in [1.807, 2.05) is 0 Å². The van der Waals surface area contributed by atoms with Gasteiger partial charge >= 0.3 is 0 Å². The van der Waals surface area contributed by atoms with Crippen LogP contribution in [0.15, 0.2) is 0 Å². The first kappa shape index (κ1) is 17.4. The fourth-order valence-corrected chi connectivity index (χ4v) is 3.26. The Kier molecular flexibility index (Phi) is 6.12. The summed E-state index contributed by atoms with van der Waals surface area (Å²) in [7, 11) is 0. The molecule has 0 aliphatic carbocycles. The topological polar surface area (TPSA) is 0 Å². The lowest BCUT2D eigenvalue weighted by Crippen LogP contribution is -2.34. The van der Waals surface area contributed by atoms with Crippen molar-refractivity contribution in [2.75, 3.05) is 5.75 Å². The number of hydrogen-bond donors (Lipinski definition) is 0. The van der Waals surface area contributed by atoms with Crippen molar-refractivity contribution in [3.05, 3.63) is 0 Å². The van der Waals surface area contributed by atoms with Crippen LogP contribution in [0.2, 0.25) is 0 Å². The molecule has 0 nitrogen and oxygen atoms in total. The normalized spacial score (nSPS) is 14.5. The highest BCUT2D eigenvalue weighted by atomic mass is 32.2. The summed E-state index contributed by atoms with van der Waals surface area (Å²) < 4.78 is 0. The maximum Gasteiger partial charge on any atom is -0.000968 e. The van der Waals surface area contributed by atoms with E-state index in [1.54, 1.807) is 0 Å². The monoisotopic (exact) mass is 258 g/mol. The van der Waals surface area contributed by atoms with Crippen LogP contribution in [0.25, 0.3) is 0 Å². The van der Waals surface area contributed by atoms with Gasteiger partial charge in [0.05, 0.1) is 0 Å². The average molecular weight is 259 g/mol. The van der Waals surface area contributed by atoms with Gasteiger partial charge in [-0.05, 0) is 40.1 Å². The quantitative estimate of drug-likeness (QED) is 0.562. The minimum Gasteiger partial charge on any atom is -0.159 e. The molecule has 0 atom stereocenters. The SMILES string of the molecule is CC(C)SCCC(C)(C)CC(C)(C)C(C)(C)C. The molecule has 0 aromatic rings. The molecule has 0 aromatic heterocycles. The predicted molar refractivity (Wildman–Crippen MR) is 83.8 cm³/mol. The van der Waals surface area contributed by atoms with Crippen LogP contribution in [-0.2, 0) is 0 Å². The van der Waals surface area contributed by atoms with E-state index < -0.39 is 0 Å². The van der Waals surface area contributed by atoms with Crippen molar-refractivity contribution in [1.29, 1.82) is 0 Å². The highest BCUT2D eigenvalue weighted by Crippen LogP contribution is 2.47. The van der Waals surface area contributed by atoms with E-state index in [-0.39, 0.29) is 0 Å². The maximum atomic E-state index is 2.43. The third kappa shape index (κ3) is 6.74. The molecule has 0 aromatic carbocycles. The molecule has 1 heteroatoms. The van der Waals surface area contributed by atoms with Crippen LogP contribution in [0.5, 0.6) is 0 Å². The first-order valence-electron chi connectivity index (χ1n) is 6.99. The van der Waals surface area contributed by atoms with E-state index in [2.05, 4.69) is 74.1 Å². The minimum atomic E-state index is 0.384. The summed E-state index contributed by atoms with van der Waals surface area (Å²) in [6, 6.07) is 0. The average Bonchev–Trinajstić information content (AvgIpc) is 1.97. The lowest BCUT2D eigenvalue weighted by Gasteiger charge is -2.44. The van der Waals surface area contributed by atoms with Crippen LogP contribution >= 0.6 is 11.8 Å². The number of thioether (sulfide) groups is 1. The van der Waals surface area contributed by atoms with Crippen molar-refractivity contribution < 1.29 is 0 Å². The van der Waals surface area contributed by atoms with Gasteiger partial charge in [-0.1, -0.05) is 62.3 Å². The molecule has 104 valence electrons. The van der Waals surface area contributed by atoms with E-state index >= 15 is 0 Å². The molecule has 0 aliphatic rings. The van der Waals surface area contributed by atoms with Gasteiger partial charge in [0, 0.05) is 0 Å². The molecule has 0 spiro atoms. The van der Waals surface area contributed by atoms with Gasteiger partial charge in [-0.15, -0.1) is 0 Å². The first-order chi connectivity index (χ1) is 7.37. The van der Waals surface area contributed by atoms with Crippen molar-refractivity contribution in [2.24, 2.45) is 16.2 Å². The summed E-state index contributed by atoms with van der Waals surface area (Å²) in [6.45, 7) is 21.4. The zero-order valence-corrected chi connectivity index (χ0v) is 14.4. The second-order valence-corrected chi connectivity index (χ2v) is 9.83. The molecule has 0 radical (unpaired) electrons. The third-order valence-corrected chi connectivity index (χ3v) is 5.29. The molecule has 0 fully saturated rings. The highest BCUT2D eigenvalue weighted by Gasteiger charge is 2.37. The molecule has 17 heavy (non-hydrogen) atoms. The Balaban J connectivity index is 4.34. The summed E-state index contributed by atoms with van der Waals surface area (Å²) in [5.74, 6) is 1.30. The fourth-order valence-electron chi connectivity index (χ4n) is 2.12. The van der Waals surface area contributed by atoms with Crippen molar-refractivity contribution in [3.8, 4) is 0 Å². The van der Waals surface area contributed by atoms with E-state index in [0.29, 0.717) is 16.2 Å². The molecule has 0 bridgehead atoms. The molecular weight excluding hydrogens is 224 g/mol. The van der Waals surface area contributed by atoms with Gasteiger partial charge < -0.3 is 0 Å². The number of rotatable bonds is 6. The molecule has 0 amide bonds. The smallest absolute Gasteiger partial charge is 0.000968 e. The molecule has 0 aliphatic heterocycles. The van der Waals surface area contributed by atoms with E-state index in [1.165, 1.54) is 18.6 Å². The van der Waals surface area contributed by atoms with Crippen LogP contribution in [-0.4, -0.2) is 11.0 Å². The summed E-state index contributed by atoms with van der Waals surface area (Å²) in [6.07, 6.45) is 2.64. The van der Waals surface area contributed by atoms with Crippen LogP contribution in [0.1, 0.15) is 75.2 Å². The summed E-state index contributed by atoms with van der Waals surface area (Å²) in [5, 5.41) is 0.765. The largest absolute Gasteiger partial charge is 0.159 e. The Bertz CT molecular complexity index is 218. The van der Waals surface area contributed by atoms with Crippen molar-refractivity contribution in [2.45, 2.75) is 80.4 Å². The molecule has 0 N–H and O–H groups in total. The van der Waals surface area contributed by atoms with Gasteiger partial charge in [-0.3, -0.25) is 0 Å². The Morgan fingerprint density at radius 2 is 1.35 bits per heavy atom. The zero-order valence-electron chi connectivity index (χ0n) is 13.6. The minimum absolute atomic E-state index is 0.384. The van der Waals surface area contributed by atoms with Gasteiger partial charge in [-0.2, -0.15) is 11.8 Å². The van der Waals surface area contributed by atoms with Gasteiger partial charge in [0.2, 0.25) is 0 Å². The molecule has 0 heterocycles. The fraction of sp³-hybridized carbons (Fsp3) is 1.00. The first-order valence-corrected chi connectivity index (χ1v) is 8.04. The predicted octanol–water partition coefficient (Wildman–Crippen LogP) is 6.01. The van der Waals surface area contributed by atoms with Crippen molar-refractivity contribution in [3.63, 3.8) is 0 Å². The maximum absolute atomic E-state index is 2.43. The zero-order chi connectivity index (χ0) is 13.9. The van der Waals surface area contributed by atoms with E-state index in [4.69, 9.17) is 0 Å². The molecule has 0 unspecified atom stereocenters. The Labute approximate surface area is 114 Å². The molecule has 0 rings (SSSR count). The van der Waals surface area contributed by atoms with Gasteiger partial charge in [0.15, 0.2) is 0 Å². The van der Waals surface area contributed by atoms with Crippen LogP contribution < -0.4 is 0 Å². The lowest BCUT2D eigenvalue weighted by molar-refractivity contribution is 0.0661. The Morgan fingerprint density at radius 3 is 1.71 bits per heavy atom. The van der Waals surface area contributed by atoms with Crippen LogP contribution in [0.4, 0.5) is 0 Å². The summed E-state index contributed by atoms with van der Waals surface area (Å²) in [5.41, 5.74) is 1.24. The Hall–Kier alpha value is 0.350. The molecule has 0 saturated heterocycles. The van der Waals surface area contributed by atoms with Gasteiger partial charge in [-0.25, -0.2) is 0 Å². The number of hydrogen-bond acceptors (Lipinski definition) is 1. The van der Waals surface area contributed by atoms with E-state index in [0.717, 1.165) is 5.25 Å². The highest BCUT2D eigenvalue weighted by molar-refractivity contribution is 7.99. The van der Waals surface area contributed by atoms with E-state index in [9.17, 15) is 0 Å². The Morgan fingerprint density at radius 1 is 0.882 bits per heavy atom. The molecule has 0 saturated carbocycles. The summed E-state index contributed by atoms with van der Waals surface area (Å²) in [4.78, 5) is 0. The molecular formula is C16H34S. The van der Waals surface area contributed by atoms with Crippen LogP contribution in [0, 0.1) is 16.2 Å².